The lowest BCUT2D eigenvalue weighted by molar-refractivity contribution is 0.569. The van der Waals surface area contributed by atoms with Crippen LogP contribution in [-0.4, -0.2) is 19.6 Å². The van der Waals surface area contributed by atoms with E-state index in [9.17, 15) is 4.79 Å². The summed E-state index contributed by atoms with van der Waals surface area (Å²) in [5, 5.41) is 8.78. The number of rotatable bonds is 4. The average Bonchev–Trinajstić information content (AvgIpc) is 3.00. The predicted molar refractivity (Wildman–Crippen MR) is 81.3 cm³/mol. The third-order valence-corrected chi connectivity index (χ3v) is 3.21. The third kappa shape index (κ3) is 2.63. The van der Waals surface area contributed by atoms with Gasteiger partial charge in [-0.3, -0.25) is 4.79 Å². The summed E-state index contributed by atoms with van der Waals surface area (Å²) in [4.78, 5) is 11.8. The summed E-state index contributed by atoms with van der Waals surface area (Å²) in [7, 11) is 0. The summed E-state index contributed by atoms with van der Waals surface area (Å²) < 4.78 is 3.32. The molecule has 0 atom stereocenters. The first-order chi connectivity index (χ1) is 10.3. The van der Waals surface area contributed by atoms with Gasteiger partial charge >= 0.3 is 0 Å². The SMILES string of the molecule is CCCn1nc(-c2ccnn2-c2ccccc2)ccc1=O. The maximum Gasteiger partial charge on any atom is 0.266 e. The summed E-state index contributed by atoms with van der Waals surface area (Å²) in [6.07, 6.45) is 2.60. The molecular formula is C16H16N4O. The Kier molecular flexibility index (Phi) is 3.64. The van der Waals surface area contributed by atoms with Gasteiger partial charge in [0.1, 0.15) is 5.69 Å². The largest absolute Gasteiger partial charge is 0.268 e. The molecular weight excluding hydrogens is 264 g/mol. The zero-order valence-corrected chi connectivity index (χ0v) is 11.8. The van der Waals surface area contributed by atoms with Crippen molar-refractivity contribution >= 4 is 0 Å². The smallest absolute Gasteiger partial charge is 0.266 e. The van der Waals surface area contributed by atoms with Crippen LogP contribution in [0.4, 0.5) is 0 Å². The van der Waals surface area contributed by atoms with Crippen LogP contribution in [0.3, 0.4) is 0 Å². The van der Waals surface area contributed by atoms with Crippen LogP contribution in [0.2, 0.25) is 0 Å². The number of nitrogens with zero attached hydrogens (tertiary/aromatic N) is 4. The molecule has 3 aromatic rings. The number of hydrogen-bond donors (Lipinski definition) is 0. The summed E-state index contributed by atoms with van der Waals surface area (Å²) in [5.74, 6) is 0. The molecule has 0 saturated carbocycles. The standard InChI is InChI=1S/C16H16N4O/c1-2-12-19-16(21)9-8-14(18-19)15-10-11-17-20(15)13-6-4-3-5-7-13/h3-11H,2,12H2,1H3. The highest BCUT2D eigenvalue weighted by Gasteiger charge is 2.10. The lowest BCUT2D eigenvalue weighted by Gasteiger charge is -2.08. The number of benzene rings is 1. The van der Waals surface area contributed by atoms with E-state index < -0.39 is 0 Å². The second-order valence-corrected chi connectivity index (χ2v) is 4.74. The van der Waals surface area contributed by atoms with Crippen LogP contribution < -0.4 is 5.56 Å². The van der Waals surface area contributed by atoms with Crippen LogP contribution in [0.1, 0.15) is 13.3 Å². The number of para-hydroxylation sites is 1. The van der Waals surface area contributed by atoms with E-state index in [0.29, 0.717) is 6.54 Å². The Morgan fingerprint density at radius 2 is 1.86 bits per heavy atom. The highest BCUT2D eigenvalue weighted by molar-refractivity contribution is 5.56. The summed E-state index contributed by atoms with van der Waals surface area (Å²) in [6.45, 7) is 2.64. The number of aromatic nitrogens is 4. The number of aryl methyl sites for hydroxylation is 1. The Hall–Kier alpha value is -2.69. The summed E-state index contributed by atoms with van der Waals surface area (Å²) in [6, 6.07) is 15.1. The van der Waals surface area contributed by atoms with E-state index in [4.69, 9.17) is 0 Å². The lowest BCUT2D eigenvalue weighted by atomic mass is 10.2. The van der Waals surface area contributed by atoms with Crippen molar-refractivity contribution in [1.82, 2.24) is 19.6 Å². The quantitative estimate of drug-likeness (QED) is 0.738. The molecule has 5 nitrogen and oxygen atoms in total. The van der Waals surface area contributed by atoms with Crippen molar-refractivity contribution in [3.8, 4) is 17.1 Å². The second kappa shape index (κ2) is 5.75. The van der Waals surface area contributed by atoms with Gasteiger partial charge in [0.25, 0.3) is 5.56 Å². The van der Waals surface area contributed by atoms with E-state index in [1.807, 2.05) is 48.0 Å². The zero-order chi connectivity index (χ0) is 14.7. The zero-order valence-electron chi connectivity index (χ0n) is 11.8. The predicted octanol–water partition coefficient (Wildman–Crippen LogP) is 2.51. The van der Waals surface area contributed by atoms with Gasteiger partial charge in [-0.25, -0.2) is 9.36 Å². The van der Waals surface area contributed by atoms with Gasteiger partial charge in [0.15, 0.2) is 0 Å². The first-order valence-corrected chi connectivity index (χ1v) is 6.97. The van der Waals surface area contributed by atoms with Crippen LogP contribution in [0.15, 0.2) is 59.5 Å². The minimum absolute atomic E-state index is 0.0774. The van der Waals surface area contributed by atoms with Gasteiger partial charge in [-0.15, -0.1) is 0 Å². The van der Waals surface area contributed by atoms with Crippen molar-refractivity contribution in [3.63, 3.8) is 0 Å². The molecule has 106 valence electrons. The molecule has 0 fully saturated rings. The van der Waals surface area contributed by atoms with Crippen LogP contribution in [0.25, 0.3) is 17.1 Å². The van der Waals surface area contributed by atoms with Crippen molar-refractivity contribution in [1.29, 1.82) is 0 Å². The Balaban J connectivity index is 2.08. The van der Waals surface area contributed by atoms with Gasteiger partial charge in [-0.1, -0.05) is 25.1 Å². The Labute approximate surface area is 122 Å². The fourth-order valence-electron chi connectivity index (χ4n) is 2.23. The van der Waals surface area contributed by atoms with Gasteiger partial charge in [0.05, 0.1) is 17.6 Å². The summed E-state index contributed by atoms with van der Waals surface area (Å²) >= 11 is 0. The summed E-state index contributed by atoms with van der Waals surface area (Å²) in [5.41, 5.74) is 2.49. The maximum absolute atomic E-state index is 11.8. The van der Waals surface area contributed by atoms with Crippen LogP contribution in [-0.2, 0) is 6.54 Å². The van der Waals surface area contributed by atoms with Gasteiger partial charge in [-0.05, 0) is 30.7 Å². The van der Waals surface area contributed by atoms with Gasteiger partial charge in [-0.2, -0.15) is 10.2 Å². The molecule has 5 heteroatoms. The molecule has 0 unspecified atom stereocenters. The first-order valence-electron chi connectivity index (χ1n) is 6.97. The molecule has 0 bridgehead atoms. The highest BCUT2D eigenvalue weighted by Crippen LogP contribution is 2.19. The van der Waals surface area contributed by atoms with E-state index >= 15 is 0 Å². The third-order valence-electron chi connectivity index (χ3n) is 3.21. The minimum Gasteiger partial charge on any atom is -0.268 e. The van der Waals surface area contributed by atoms with Crippen molar-refractivity contribution in [2.24, 2.45) is 0 Å². The van der Waals surface area contributed by atoms with E-state index in [1.165, 1.54) is 4.68 Å². The molecule has 0 amide bonds. The van der Waals surface area contributed by atoms with Gasteiger partial charge in [0, 0.05) is 12.6 Å². The Morgan fingerprint density at radius 3 is 2.62 bits per heavy atom. The van der Waals surface area contributed by atoms with Crippen LogP contribution in [0.5, 0.6) is 0 Å². The Morgan fingerprint density at radius 1 is 1.05 bits per heavy atom. The molecule has 0 aliphatic rings. The normalized spacial score (nSPS) is 10.7. The fourth-order valence-corrected chi connectivity index (χ4v) is 2.23. The minimum atomic E-state index is -0.0774. The molecule has 21 heavy (non-hydrogen) atoms. The molecule has 0 saturated heterocycles. The molecule has 0 aliphatic carbocycles. The fraction of sp³-hybridized carbons (Fsp3) is 0.188. The van der Waals surface area contributed by atoms with Crippen molar-refractivity contribution in [3.05, 3.63) is 65.1 Å². The maximum atomic E-state index is 11.8. The molecule has 3 rings (SSSR count). The average molecular weight is 280 g/mol. The van der Waals surface area contributed by atoms with Gasteiger partial charge in [0.2, 0.25) is 0 Å². The van der Waals surface area contributed by atoms with Crippen molar-refractivity contribution in [2.75, 3.05) is 0 Å². The van der Waals surface area contributed by atoms with E-state index in [-0.39, 0.29) is 5.56 Å². The van der Waals surface area contributed by atoms with E-state index in [2.05, 4.69) is 10.2 Å². The van der Waals surface area contributed by atoms with Crippen LogP contribution >= 0.6 is 0 Å². The topological polar surface area (TPSA) is 52.7 Å². The second-order valence-electron chi connectivity index (χ2n) is 4.74. The van der Waals surface area contributed by atoms with E-state index in [0.717, 1.165) is 23.5 Å². The Bertz CT molecular complexity index is 789. The van der Waals surface area contributed by atoms with Gasteiger partial charge < -0.3 is 0 Å². The molecule has 0 radical (unpaired) electrons. The molecule has 2 aromatic heterocycles. The van der Waals surface area contributed by atoms with E-state index in [1.54, 1.807) is 18.3 Å². The molecule has 0 aliphatic heterocycles. The highest BCUT2D eigenvalue weighted by atomic mass is 16.1. The van der Waals surface area contributed by atoms with Crippen molar-refractivity contribution < 1.29 is 0 Å². The molecule has 0 N–H and O–H groups in total. The molecule has 2 heterocycles. The number of hydrogen-bond acceptors (Lipinski definition) is 3. The monoisotopic (exact) mass is 280 g/mol. The molecule has 1 aromatic carbocycles. The van der Waals surface area contributed by atoms with Crippen LogP contribution in [0, 0.1) is 0 Å². The lowest BCUT2D eigenvalue weighted by Crippen LogP contribution is -2.22. The first kappa shape index (κ1) is 13.3. The van der Waals surface area contributed by atoms with Crippen molar-refractivity contribution in [2.45, 2.75) is 19.9 Å². The molecule has 0 spiro atoms.